The minimum Gasteiger partial charge on any atom is -0.390 e. The highest BCUT2D eigenvalue weighted by molar-refractivity contribution is 7.98. The number of sulfonamides is 1. The maximum Gasteiger partial charge on any atom is 0.212 e. The van der Waals surface area contributed by atoms with Crippen LogP contribution in [0.1, 0.15) is 20.3 Å². The van der Waals surface area contributed by atoms with E-state index in [9.17, 15) is 13.5 Å². The van der Waals surface area contributed by atoms with Crippen LogP contribution in [0.4, 0.5) is 0 Å². The highest BCUT2D eigenvalue weighted by atomic mass is 32.2. The second kappa shape index (κ2) is 7.09. The molecule has 0 saturated carbocycles. The summed E-state index contributed by atoms with van der Waals surface area (Å²) in [6.07, 6.45) is 2.07. The molecule has 0 aromatic carbocycles. The van der Waals surface area contributed by atoms with Crippen LogP contribution < -0.4 is 4.72 Å². The van der Waals surface area contributed by atoms with E-state index in [0.29, 0.717) is 13.0 Å². The predicted octanol–water partition coefficient (Wildman–Crippen LogP) is 0.317. The van der Waals surface area contributed by atoms with Crippen molar-refractivity contribution in [2.45, 2.75) is 32.4 Å². The Labute approximate surface area is 114 Å². The molecule has 0 aromatic rings. The van der Waals surface area contributed by atoms with Gasteiger partial charge in [-0.2, -0.15) is 0 Å². The second-order valence-electron chi connectivity index (χ2n) is 5.25. The molecule has 0 radical (unpaired) electrons. The van der Waals surface area contributed by atoms with Crippen molar-refractivity contribution in [3.8, 4) is 0 Å². The molecule has 0 amide bonds. The summed E-state index contributed by atoms with van der Waals surface area (Å²) in [6.45, 7) is 5.11. The summed E-state index contributed by atoms with van der Waals surface area (Å²) >= 11 is 1.71. The van der Waals surface area contributed by atoms with Crippen LogP contribution in [0.15, 0.2) is 0 Å². The number of aliphatic hydroxyl groups is 1. The smallest absolute Gasteiger partial charge is 0.212 e. The third kappa shape index (κ3) is 5.44. The quantitative estimate of drug-likeness (QED) is 0.739. The molecular formula is C11H24N2O3S2. The van der Waals surface area contributed by atoms with Gasteiger partial charge in [-0.25, -0.2) is 13.1 Å². The van der Waals surface area contributed by atoms with Crippen molar-refractivity contribution in [1.29, 1.82) is 0 Å². The van der Waals surface area contributed by atoms with Crippen LogP contribution in [0.5, 0.6) is 0 Å². The Morgan fingerprint density at radius 3 is 2.67 bits per heavy atom. The fraction of sp³-hybridized carbons (Fsp3) is 1.00. The van der Waals surface area contributed by atoms with Gasteiger partial charge in [0.05, 0.1) is 17.9 Å². The van der Waals surface area contributed by atoms with Crippen molar-refractivity contribution in [3.63, 3.8) is 0 Å². The fourth-order valence-electron chi connectivity index (χ4n) is 2.15. The SMILES string of the molecule is CSCN1CCC(NS(=O)(=O)CC(C)C)C(O)C1. The number of hydrogen-bond donors (Lipinski definition) is 2. The van der Waals surface area contributed by atoms with Gasteiger partial charge in [0.1, 0.15) is 0 Å². The van der Waals surface area contributed by atoms with E-state index < -0.39 is 16.1 Å². The Balaban J connectivity index is 2.49. The van der Waals surface area contributed by atoms with E-state index in [0.717, 1.165) is 12.4 Å². The van der Waals surface area contributed by atoms with Crippen LogP contribution in [0.2, 0.25) is 0 Å². The van der Waals surface area contributed by atoms with Gasteiger partial charge < -0.3 is 5.11 Å². The van der Waals surface area contributed by atoms with Gasteiger partial charge in [-0.05, 0) is 18.6 Å². The summed E-state index contributed by atoms with van der Waals surface area (Å²) in [5.74, 6) is 1.09. The van der Waals surface area contributed by atoms with Crippen molar-refractivity contribution < 1.29 is 13.5 Å². The minimum atomic E-state index is -3.28. The molecule has 2 unspecified atom stereocenters. The molecular weight excluding hydrogens is 272 g/mol. The van der Waals surface area contributed by atoms with Crippen LogP contribution in [-0.4, -0.2) is 61.5 Å². The lowest BCUT2D eigenvalue weighted by Gasteiger charge is -2.35. The third-order valence-corrected chi connectivity index (χ3v) is 5.25. The predicted molar refractivity (Wildman–Crippen MR) is 76.1 cm³/mol. The van der Waals surface area contributed by atoms with Gasteiger partial charge in [0, 0.05) is 19.0 Å². The van der Waals surface area contributed by atoms with Crippen molar-refractivity contribution >= 4 is 21.8 Å². The zero-order chi connectivity index (χ0) is 13.8. The van der Waals surface area contributed by atoms with Crippen LogP contribution in [0.3, 0.4) is 0 Å². The van der Waals surface area contributed by atoms with Crippen LogP contribution in [-0.2, 0) is 10.0 Å². The monoisotopic (exact) mass is 296 g/mol. The van der Waals surface area contributed by atoms with Crippen molar-refractivity contribution in [2.75, 3.05) is 31.0 Å². The molecule has 0 aromatic heterocycles. The van der Waals surface area contributed by atoms with Crippen molar-refractivity contribution in [3.05, 3.63) is 0 Å². The molecule has 1 aliphatic heterocycles. The Hall–Kier alpha value is 0.180. The molecule has 0 bridgehead atoms. The van der Waals surface area contributed by atoms with Gasteiger partial charge in [0.2, 0.25) is 10.0 Å². The van der Waals surface area contributed by atoms with E-state index in [1.807, 2.05) is 20.1 Å². The summed E-state index contributed by atoms with van der Waals surface area (Å²) in [5, 5.41) is 9.99. The number of thioether (sulfide) groups is 1. The molecule has 1 rings (SSSR count). The normalized spacial score (nSPS) is 26.7. The maximum absolute atomic E-state index is 11.8. The summed E-state index contributed by atoms with van der Waals surface area (Å²) in [4.78, 5) is 2.14. The van der Waals surface area contributed by atoms with Gasteiger partial charge in [-0.3, -0.25) is 4.90 Å². The van der Waals surface area contributed by atoms with Gasteiger partial charge in [0.25, 0.3) is 0 Å². The Morgan fingerprint density at radius 2 is 2.17 bits per heavy atom. The molecule has 2 N–H and O–H groups in total. The zero-order valence-electron chi connectivity index (χ0n) is 11.3. The number of hydrogen-bond acceptors (Lipinski definition) is 5. The second-order valence-corrected chi connectivity index (χ2v) is 7.88. The molecule has 18 heavy (non-hydrogen) atoms. The molecule has 1 saturated heterocycles. The number of aliphatic hydroxyl groups excluding tert-OH is 1. The van der Waals surface area contributed by atoms with Gasteiger partial charge in [-0.1, -0.05) is 13.8 Å². The first kappa shape index (κ1) is 16.2. The Bertz CT molecular complexity index is 346. The summed E-state index contributed by atoms with van der Waals surface area (Å²) < 4.78 is 26.3. The Morgan fingerprint density at radius 1 is 1.50 bits per heavy atom. The first-order valence-corrected chi connectivity index (χ1v) is 9.28. The lowest BCUT2D eigenvalue weighted by molar-refractivity contribution is 0.0574. The molecule has 0 aliphatic carbocycles. The number of β-amino-alcohol motifs (C(OH)–C–C–N with tert-alkyl or cyclic N) is 1. The standard InChI is InChI=1S/C11H24N2O3S2/c1-9(2)7-18(15,16)12-10-4-5-13(8-17-3)6-11(10)14/h9-12,14H,4-8H2,1-3H3. The highest BCUT2D eigenvalue weighted by Crippen LogP contribution is 2.14. The highest BCUT2D eigenvalue weighted by Gasteiger charge is 2.30. The number of piperidine rings is 1. The van der Waals surface area contributed by atoms with E-state index in [4.69, 9.17) is 0 Å². The molecule has 1 fully saturated rings. The first-order chi connectivity index (χ1) is 8.34. The van der Waals surface area contributed by atoms with Gasteiger partial charge in [0.15, 0.2) is 0 Å². The average molecular weight is 296 g/mol. The molecule has 1 aliphatic rings. The first-order valence-electron chi connectivity index (χ1n) is 6.23. The summed E-state index contributed by atoms with van der Waals surface area (Å²) in [5.41, 5.74) is 0. The molecule has 5 nitrogen and oxygen atoms in total. The van der Waals surface area contributed by atoms with E-state index >= 15 is 0 Å². The zero-order valence-corrected chi connectivity index (χ0v) is 12.9. The third-order valence-electron chi connectivity index (χ3n) is 2.86. The topological polar surface area (TPSA) is 69.6 Å². The lowest BCUT2D eigenvalue weighted by atomic mass is 10.0. The van der Waals surface area contributed by atoms with E-state index in [-0.39, 0.29) is 17.7 Å². The average Bonchev–Trinajstić information content (AvgIpc) is 2.20. The largest absolute Gasteiger partial charge is 0.390 e. The summed E-state index contributed by atoms with van der Waals surface area (Å²) in [7, 11) is -3.28. The van der Waals surface area contributed by atoms with E-state index in [1.165, 1.54) is 0 Å². The number of likely N-dealkylation sites (tertiary alicyclic amines) is 1. The fourth-order valence-corrected chi connectivity index (χ4v) is 4.46. The lowest BCUT2D eigenvalue weighted by Crippen LogP contribution is -2.54. The molecule has 0 spiro atoms. The number of nitrogens with one attached hydrogen (secondary N) is 1. The van der Waals surface area contributed by atoms with E-state index in [1.54, 1.807) is 11.8 Å². The maximum atomic E-state index is 11.8. The van der Waals surface area contributed by atoms with Crippen LogP contribution in [0.25, 0.3) is 0 Å². The summed E-state index contributed by atoms with van der Waals surface area (Å²) in [6, 6.07) is -0.341. The molecule has 2 atom stereocenters. The van der Waals surface area contributed by atoms with Gasteiger partial charge in [-0.15, -0.1) is 11.8 Å². The number of nitrogens with zero attached hydrogens (tertiary/aromatic N) is 1. The van der Waals surface area contributed by atoms with Crippen LogP contribution >= 0.6 is 11.8 Å². The minimum absolute atomic E-state index is 0.0937. The van der Waals surface area contributed by atoms with Crippen LogP contribution in [0, 0.1) is 5.92 Å². The van der Waals surface area contributed by atoms with Crippen molar-refractivity contribution in [2.24, 2.45) is 5.92 Å². The molecule has 108 valence electrons. The molecule has 1 heterocycles. The van der Waals surface area contributed by atoms with E-state index in [2.05, 4.69) is 9.62 Å². The Kier molecular flexibility index (Phi) is 6.40. The number of rotatable bonds is 6. The van der Waals surface area contributed by atoms with Crippen molar-refractivity contribution in [1.82, 2.24) is 9.62 Å². The molecule has 7 heteroatoms. The van der Waals surface area contributed by atoms with Gasteiger partial charge >= 0.3 is 0 Å².